The molecule has 0 aliphatic heterocycles. The number of methoxy groups -OCH3 is 1. The summed E-state index contributed by atoms with van der Waals surface area (Å²) in [5.74, 6) is -0.234. The number of nitrogens with one attached hydrogen (secondary N) is 1. The second kappa shape index (κ2) is 5.01. The first kappa shape index (κ1) is 14.4. The number of hydrogen-bond donors (Lipinski definition) is 1. The van der Waals surface area contributed by atoms with Crippen LogP contribution >= 0.6 is 0 Å². The molecule has 3 aromatic rings. The van der Waals surface area contributed by atoms with Gasteiger partial charge in [-0.1, -0.05) is 6.07 Å². The standard InChI is InChI=1S/C15H12F3N3O/c1-8-6-10-12(20-21-14(10)19-7-8)9-4-3-5-11(13(9)22-2)15(16,17)18/h3-7H,1-2H3,(H,19,20,21). The molecule has 0 saturated heterocycles. The third-order valence-electron chi connectivity index (χ3n) is 3.34. The van der Waals surface area contributed by atoms with Crippen molar-refractivity contribution >= 4 is 11.0 Å². The summed E-state index contributed by atoms with van der Waals surface area (Å²) in [7, 11) is 1.22. The van der Waals surface area contributed by atoms with Gasteiger partial charge in [0.05, 0.1) is 18.4 Å². The van der Waals surface area contributed by atoms with Crippen LogP contribution < -0.4 is 4.74 Å². The number of aromatic nitrogens is 3. The van der Waals surface area contributed by atoms with E-state index in [2.05, 4.69) is 15.2 Å². The summed E-state index contributed by atoms with van der Waals surface area (Å²) in [6.07, 6.45) is -2.85. The van der Waals surface area contributed by atoms with Crippen molar-refractivity contribution in [2.45, 2.75) is 13.1 Å². The molecule has 2 heterocycles. The zero-order valence-corrected chi connectivity index (χ0v) is 11.8. The van der Waals surface area contributed by atoms with Crippen molar-refractivity contribution in [1.29, 1.82) is 0 Å². The number of hydrogen-bond acceptors (Lipinski definition) is 3. The van der Waals surface area contributed by atoms with Gasteiger partial charge >= 0.3 is 6.18 Å². The molecule has 3 rings (SSSR count). The number of pyridine rings is 1. The lowest BCUT2D eigenvalue weighted by Crippen LogP contribution is -2.08. The fourth-order valence-electron chi connectivity index (χ4n) is 2.39. The molecule has 7 heteroatoms. The second-order valence-electron chi connectivity index (χ2n) is 4.87. The minimum atomic E-state index is -4.49. The first-order valence-electron chi connectivity index (χ1n) is 6.47. The Hall–Kier alpha value is -2.57. The van der Waals surface area contributed by atoms with Gasteiger partial charge in [-0.3, -0.25) is 5.10 Å². The lowest BCUT2D eigenvalue weighted by Gasteiger charge is -2.15. The number of nitrogens with zero attached hydrogens (tertiary/aromatic N) is 2. The van der Waals surface area contributed by atoms with Crippen LogP contribution in [0.25, 0.3) is 22.3 Å². The minimum Gasteiger partial charge on any atom is -0.495 e. The normalized spacial score (nSPS) is 11.9. The third-order valence-corrected chi connectivity index (χ3v) is 3.34. The van der Waals surface area contributed by atoms with Crippen LogP contribution in [0.4, 0.5) is 13.2 Å². The van der Waals surface area contributed by atoms with E-state index >= 15 is 0 Å². The molecule has 114 valence electrons. The number of alkyl halides is 3. The molecule has 1 N–H and O–H groups in total. The van der Waals surface area contributed by atoms with Gasteiger partial charge in [0.1, 0.15) is 5.75 Å². The predicted octanol–water partition coefficient (Wildman–Crippen LogP) is 3.96. The number of halogens is 3. The molecule has 0 fully saturated rings. The number of aromatic amines is 1. The third kappa shape index (κ3) is 2.28. The highest BCUT2D eigenvalue weighted by molar-refractivity contribution is 5.93. The second-order valence-corrected chi connectivity index (χ2v) is 4.87. The fraction of sp³-hybridized carbons (Fsp3) is 0.200. The maximum absolute atomic E-state index is 13.1. The lowest BCUT2D eigenvalue weighted by molar-refractivity contribution is -0.138. The van der Waals surface area contributed by atoms with Crippen molar-refractivity contribution in [1.82, 2.24) is 15.2 Å². The van der Waals surface area contributed by atoms with Crippen LogP contribution in [-0.4, -0.2) is 22.3 Å². The van der Waals surface area contributed by atoms with E-state index in [4.69, 9.17) is 4.74 Å². The Kier molecular flexibility index (Phi) is 3.27. The van der Waals surface area contributed by atoms with E-state index < -0.39 is 11.7 Å². The topological polar surface area (TPSA) is 50.8 Å². The molecule has 0 radical (unpaired) electrons. The summed E-state index contributed by atoms with van der Waals surface area (Å²) in [6, 6.07) is 5.71. The molecule has 0 amide bonds. The molecule has 0 aliphatic carbocycles. The summed E-state index contributed by atoms with van der Waals surface area (Å²) in [4.78, 5) is 4.15. The van der Waals surface area contributed by atoms with Crippen molar-refractivity contribution in [3.63, 3.8) is 0 Å². The quantitative estimate of drug-likeness (QED) is 0.779. The first-order chi connectivity index (χ1) is 10.4. The Labute approximate surface area is 123 Å². The highest BCUT2D eigenvalue weighted by Crippen LogP contribution is 2.42. The summed E-state index contributed by atoms with van der Waals surface area (Å²) >= 11 is 0. The van der Waals surface area contributed by atoms with Crippen LogP contribution in [0.1, 0.15) is 11.1 Å². The summed E-state index contributed by atoms with van der Waals surface area (Å²) < 4.78 is 44.4. The summed E-state index contributed by atoms with van der Waals surface area (Å²) in [5, 5.41) is 7.43. The molecule has 0 bridgehead atoms. The molecule has 2 aromatic heterocycles. The number of benzene rings is 1. The number of rotatable bonds is 2. The fourth-order valence-corrected chi connectivity index (χ4v) is 2.39. The summed E-state index contributed by atoms with van der Waals surface area (Å²) in [5.41, 5.74) is 1.26. The zero-order valence-electron chi connectivity index (χ0n) is 11.8. The molecular weight excluding hydrogens is 295 g/mol. The zero-order chi connectivity index (χ0) is 15.9. The number of aryl methyl sites for hydroxylation is 1. The minimum absolute atomic E-state index is 0.234. The van der Waals surface area contributed by atoms with E-state index in [1.807, 2.05) is 13.0 Å². The Morgan fingerprint density at radius 3 is 2.68 bits per heavy atom. The Morgan fingerprint density at radius 2 is 2.00 bits per heavy atom. The number of fused-ring (bicyclic) bond motifs is 1. The lowest BCUT2D eigenvalue weighted by atomic mass is 10.0. The van der Waals surface area contributed by atoms with Gasteiger partial charge in [-0.15, -0.1) is 0 Å². The monoisotopic (exact) mass is 307 g/mol. The van der Waals surface area contributed by atoms with Crippen molar-refractivity contribution in [3.8, 4) is 17.0 Å². The average Bonchev–Trinajstić information content (AvgIpc) is 2.88. The molecule has 4 nitrogen and oxygen atoms in total. The van der Waals surface area contributed by atoms with Gasteiger partial charge in [0.2, 0.25) is 0 Å². The average molecular weight is 307 g/mol. The molecule has 0 atom stereocenters. The van der Waals surface area contributed by atoms with Crippen LogP contribution in [0, 0.1) is 6.92 Å². The highest BCUT2D eigenvalue weighted by Gasteiger charge is 2.35. The van der Waals surface area contributed by atoms with Crippen molar-refractivity contribution in [3.05, 3.63) is 41.6 Å². The molecule has 0 spiro atoms. The Balaban J connectivity index is 2.29. The SMILES string of the molecule is COc1c(-c2[nH]nc3ncc(C)cc23)cccc1C(F)(F)F. The van der Waals surface area contributed by atoms with E-state index in [-0.39, 0.29) is 5.75 Å². The predicted molar refractivity (Wildman–Crippen MR) is 75.6 cm³/mol. The van der Waals surface area contributed by atoms with Crippen molar-refractivity contribution in [2.24, 2.45) is 0 Å². The smallest absolute Gasteiger partial charge is 0.419 e. The van der Waals surface area contributed by atoms with Gasteiger partial charge < -0.3 is 4.74 Å². The van der Waals surface area contributed by atoms with Crippen LogP contribution in [0.5, 0.6) is 5.75 Å². The van der Waals surface area contributed by atoms with Gasteiger partial charge in [0.25, 0.3) is 0 Å². The molecular formula is C15H12F3N3O. The van der Waals surface area contributed by atoms with Crippen LogP contribution in [0.2, 0.25) is 0 Å². The number of ether oxygens (including phenoxy) is 1. The van der Waals surface area contributed by atoms with E-state index in [0.717, 1.165) is 11.6 Å². The maximum Gasteiger partial charge on any atom is 0.419 e. The van der Waals surface area contributed by atoms with E-state index in [1.165, 1.54) is 13.2 Å². The number of para-hydroxylation sites is 1. The van der Waals surface area contributed by atoms with Crippen LogP contribution in [0.15, 0.2) is 30.5 Å². The van der Waals surface area contributed by atoms with Gasteiger partial charge in [-0.05, 0) is 30.7 Å². The summed E-state index contributed by atoms with van der Waals surface area (Å²) in [6.45, 7) is 1.85. The van der Waals surface area contributed by atoms with E-state index in [0.29, 0.717) is 22.3 Å². The van der Waals surface area contributed by atoms with Crippen LogP contribution in [-0.2, 0) is 6.18 Å². The molecule has 22 heavy (non-hydrogen) atoms. The van der Waals surface area contributed by atoms with Gasteiger partial charge in [-0.25, -0.2) is 4.98 Å². The molecule has 0 aliphatic rings. The van der Waals surface area contributed by atoms with Crippen LogP contribution in [0.3, 0.4) is 0 Å². The van der Waals surface area contributed by atoms with Crippen molar-refractivity contribution < 1.29 is 17.9 Å². The highest BCUT2D eigenvalue weighted by atomic mass is 19.4. The molecule has 0 saturated carbocycles. The largest absolute Gasteiger partial charge is 0.495 e. The molecule has 0 unspecified atom stereocenters. The maximum atomic E-state index is 13.1. The Morgan fingerprint density at radius 1 is 1.23 bits per heavy atom. The van der Waals surface area contributed by atoms with Gasteiger partial charge in [-0.2, -0.15) is 18.3 Å². The van der Waals surface area contributed by atoms with E-state index in [1.54, 1.807) is 12.3 Å². The first-order valence-corrected chi connectivity index (χ1v) is 6.47. The van der Waals surface area contributed by atoms with Crippen molar-refractivity contribution in [2.75, 3.05) is 7.11 Å². The molecule has 1 aromatic carbocycles. The van der Waals surface area contributed by atoms with Gasteiger partial charge in [0.15, 0.2) is 5.65 Å². The van der Waals surface area contributed by atoms with Gasteiger partial charge in [0, 0.05) is 17.1 Å². The van der Waals surface area contributed by atoms with E-state index in [9.17, 15) is 13.2 Å². The number of H-pyrrole nitrogens is 1. The Bertz CT molecular complexity index is 840.